The Balaban J connectivity index is 3.28. The van der Waals surface area contributed by atoms with Gasteiger partial charge in [-0.2, -0.15) is 0 Å². The molecule has 80 valence electrons. The lowest BCUT2D eigenvalue weighted by molar-refractivity contribution is 0.262. The van der Waals surface area contributed by atoms with Crippen molar-refractivity contribution in [3.8, 4) is 0 Å². The SMILES string of the molecule is [N-]=[N+]=NC(CO)c1c(F)cc(Br)cc1F. The third kappa shape index (κ3) is 2.65. The summed E-state index contributed by atoms with van der Waals surface area (Å²) in [5.41, 5.74) is 7.73. The Kier molecular flexibility index (Phi) is 4.02. The highest BCUT2D eigenvalue weighted by atomic mass is 79.9. The highest BCUT2D eigenvalue weighted by Gasteiger charge is 2.19. The van der Waals surface area contributed by atoms with Crippen molar-refractivity contribution in [3.63, 3.8) is 0 Å². The van der Waals surface area contributed by atoms with Crippen LogP contribution in [-0.2, 0) is 0 Å². The quantitative estimate of drug-likeness (QED) is 0.515. The molecule has 1 aromatic rings. The summed E-state index contributed by atoms with van der Waals surface area (Å²) in [5.74, 6) is -1.73. The second-order valence-corrected chi connectivity index (χ2v) is 3.60. The van der Waals surface area contributed by atoms with E-state index in [1.165, 1.54) is 0 Å². The van der Waals surface area contributed by atoms with E-state index in [0.29, 0.717) is 0 Å². The first-order valence-electron chi connectivity index (χ1n) is 3.89. The molecule has 0 aliphatic rings. The number of aliphatic hydroxyl groups excluding tert-OH is 1. The van der Waals surface area contributed by atoms with E-state index in [1.54, 1.807) is 0 Å². The Bertz CT molecular complexity index is 397. The summed E-state index contributed by atoms with van der Waals surface area (Å²) in [6.45, 7) is -0.653. The van der Waals surface area contributed by atoms with Crippen LogP contribution < -0.4 is 0 Å². The van der Waals surface area contributed by atoms with E-state index < -0.39 is 29.8 Å². The van der Waals surface area contributed by atoms with Crippen LogP contribution in [-0.4, -0.2) is 11.7 Å². The molecule has 4 nitrogen and oxygen atoms in total. The predicted molar refractivity (Wildman–Crippen MR) is 53.0 cm³/mol. The number of rotatable bonds is 3. The van der Waals surface area contributed by atoms with Gasteiger partial charge in [-0.3, -0.25) is 0 Å². The minimum atomic E-state index is -1.25. The van der Waals surface area contributed by atoms with E-state index >= 15 is 0 Å². The van der Waals surface area contributed by atoms with Gasteiger partial charge in [-0.25, -0.2) is 8.78 Å². The summed E-state index contributed by atoms with van der Waals surface area (Å²) in [6, 6.07) is 0.824. The molecule has 0 heterocycles. The number of halogens is 3. The van der Waals surface area contributed by atoms with Crippen molar-refractivity contribution >= 4 is 15.9 Å². The van der Waals surface area contributed by atoms with E-state index in [0.717, 1.165) is 12.1 Å². The van der Waals surface area contributed by atoms with Crippen LogP contribution in [0.15, 0.2) is 21.7 Å². The van der Waals surface area contributed by atoms with Gasteiger partial charge in [0.15, 0.2) is 0 Å². The number of nitrogens with zero attached hydrogens (tertiary/aromatic N) is 3. The Morgan fingerprint density at radius 3 is 2.40 bits per heavy atom. The molecule has 1 N–H and O–H groups in total. The van der Waals surface area contributed by atoms with Gasteiger partial charge in [-0.1, -0.05) is 21.0 Å². The number of benzene rings is 1. The van der Waals surface area contributed by atoms with E-state index in [4.69, 9.17) is 10.6 Å². The van der Waals surface area contributed by atoms with Crippen LogP contribution in [0.3, 0.4) is 0 Å². The smallest absolute Gasteiger partial charge is 0.130 e. The number of hydrogen-bond acceptors (Lipinski definition) is 2. The van der Waals surface area contributed by atoms with Crippen molar-refractivity contribution in [1.82, 2.24) is 0 Å². The molecule has 1 unspecified atom stereocenters. The average molecular weight is 278 g/mol. The second kappa shape index (κ2) is 5.06. The molecule has 0 spiro atoms. The van der Waals surface area contributed by atoms with Crippen molar-refractivity contribution < 1.29 is 13.9 Å². The van der Waals surface area contributed by atoms with Gasteiger partial charge in [0.1, 0.15) is 11.6 Å². The van der Waals surface area contributed by atoms with Crippen LogP contribution in [0.4, 0.5) is 8.78 Å². The molecule has 15 heavy (non-hydrogen) atoms. The predicted octanol–water partition coefficient (Wildman–Crippen LogP) is 3.07. The number of azide groups is 1. The standard InChI is InChI=1S/C8H6BrF2N3O/c9-4-1-5(10)8(6(11)2-4)7(3-15)13-14-12/h1-2,7,15H,3H2. The summed E-state index contributed by atoms with van der Waals surface area (Å²) < 4.78 is 26.8. The largest absolute Gasteiger partial charge is 0.396 e. The van der Waals surface area contributed by atoms with E-state index in [2.05, 4.69) is 26.0 Å². The van der Waals surface area contributed by atoms with Crippen LogP contribution in [0.2, 0.25) is 0 Å². The normalized spacial score (nSPS) is 12.0. The van der Waals surface area contributed by atoms with Crippen LogP contribution in [0.1, 0.15) is 11.6 Å². The highest BCUT2D eigenvalue weighted by molar-refractivity contribution is 9.10. The van der Waals surface area contributed by atoms with Crippen molar-refractivity contribution in [3.05, 3.63) is 44.2 Å². The summed E-state index contributed by atoms with van der Waals surface area (Å²) in [5, 5.41) is 11.9. The zero-order chi connectivity index (χ0) is 11.4. The van der Waals surface area contributed by atoms with Gasteiger partial charge in [0.25, 0.3) is 0 Å². The fraction of sp³-hybridized carbons (Fsp3) is 0.250. The van der Waals surface area contributed by atoms with Crippen LogP contribution in [0.5, 0.6) is 0 Å². The first kappa shape index (κ1) is 11.9. The van der Waals surface area contributed by atoms with E-state index in [9.17, 15) is 8.78 Å². The molecule has 0 saturated carbocycles. The maximum Gasteiger partial charge on any atom is 0.130 e. The van der Waals surface area contributed by atoms with Gasteiger partial charge in [0.2, 0.25) is 0 Å². The Labute approximate surface area is 92.3 Å². The van der Waals surface area contributed by atoms with E-state index in [-0.39, 0.29) is 4.47 Å². The maximum atomic E-state index is 13.3. The zero-order valence-electron chi connectivity index (χ0n) is 7.36. The Morgan fingerprint density at radius 1 is 1.47 bits per heavy atom. The van der Waals surface area contributed by atoms with Gasteiger partial charge in [-0.15, -0.1) is 0 Å². The van der Waals surface area contributed by atoms with Crippen molar-refractivity contribution in [2.45, 2.75) is 6.04 Å². The summed E-state index contributed by atoms with van der Waals surface area (Å²) >= 11 is 2.91. The molecule has 0 amide bonds. The molecule has 0 saturated heterocycles. The molecule has 1 rings (SSSR count). The fourth-order valence-corrected chi connectivity index (χ4v) is 1.52. The molecular weight excluding hydrogens is 272 g/mol. The zero-order valence-corrected chi connectivity index (χ0v) is 8.95. The molecule has 1 aromatic carbocycles. The van der Waals surface area contributed by atoms with Crippen molar-refractivity contribution in [2.24, 2.45) is 5.11 Å². The van der Waals surface area contributed by atoms with Gasteiger partial charge in [0.05, 0.1) is 12.6 Å². The van der Waals surface area contributed by atoms with Gasteiger partial charge >= 0.3 is 0 Å². The van der Waals surface area contributed by atoms with Gasteiger partial charge in [-0.05, 0) is 17.7 Å². The lowest BCUT2D eigenvalue weighted by Gasteiger charge is -2.10. The monoisotopic (exact) mass is 277 g/mol. The first-order chi connectivity index (χ1) is 7.10. The van der Waals surface area contributed by atoms with Crippen LogP contribution in [0, 0.1) is 11.6 Å². The molecule has 0 bridgehead atoms. The molecular formula is C8H6BrF2N3O. The third-order valence-corrected chi connectivity index (χ3v) is 2.20. The van der Waals surface area contributed by atoms with Crippen LogP contribution in [0.25, 0.3) is 10.4 Å². The third-order valence-electron chi connectivity index (χ3n) is 1.74. The molecule has 0 fully saturated rings. The summed E-state index contributed by atoms with van der Waals surface area (Å²) in [4.78, 5) is 2.41. The molecule has 0 aliphatic heterocycles. The van der Waals surface area contributed by atoms with Gasteiger partial charge < -0.3 is 5.11 Å². The van der Waals surface area contributed by atoms with Crippen LogP contribution >= 0.6 is 15.9 Å². The average Bonchev–Trinajstić information content (AvgIpc) is 2.14. The fourth-order valence-electron chi connectivity index (χ4n) is 1.12. The molecule has 7 heteroatoms. The summed E-state index contributed by atoms with van der Waals surface area (Å²) in [7, 11) is 0. The number of aliphatic hydroxyl groups is 1. The summed E-state index contributed by atoms with van der Waals surface area (Å²) in [6.07, 6.45) is 0. The molecule has 0 aliphatic carbocycles. The van der Waals surface area contributed by atoms with E-state index in [1.807, 2.05) is 0 Å². The van der Waals surface area contributed by atoms with Crippen molar-refractivity contribution in [1.29, 1.82) is 0 Å². The topological polar surface area (TPSA) is 69.0 Å². The molecule has 1 atom stereocenters. The minimum Gasteiger partial charge on any atom is -0.396 e. The van der Waals surface area contributed by atoms with Crippen molar-refractivity contribution in [2.75, 3.05) is 6.61 Å². The molecule has 0 aromatic heterocycles. The number of hydrogen-bond donors (Lipinski definition) is 1. The first-order valence-corrected chi connectivity index (χ1v) is 4.69. The van der Waals surface area contributed by atoms with Gasteiger partial charge in [0, 0.05) is 14.9 Å². The minimum absolute atomic E-state index is 0.235. The highest BCUT2D eigenvalue weighted by Crippen LogP contribution is 2.26. The second-order valence-electron chi connectivity index (χ2n) is 2.69. The Morgan fingerprint density at radius 2 is 2.00 bits per heavy atom. The maximum absolute atomic E-state index is 13.3. The lowest BCUT2D eigenvalue weighted by Crippen LogP contribution is -2.06. The Hall–Kier alpha value is -1.17. The molecule has 0 radical (unpaired) electrons. The lowest BCUT2D eigenvalue weighted by atomic mass is 10.1.